The third-order valence-corrected chi connectivity index (χ3v) is 2.48. The molecule has 0 bridgehead atoms. The van der Waals surface area contributed by atoms with Crippen molar-refractivity contribution in [3.63, 3.8) is 0 Å². The molecule has 0 aliphatic carbocycles. The highest BCUT2D eigenvalue weighted by atomic mass is 35.5. The zero-order valence-corrected chi connectivity index (χ0v) is 9.73. The number of nitrogens with one attached hydrogen (secondary N) is 2. The lowest BCUT2D eigenvalue weighted by Gasteiger charge is -2.07. The van der Waals surface area contributed by atoms with Crippen LogP contribution < -0.4 is 11.0 Å². The number of carbonyl (C=O) groups is 1. The molecular formula is C11H8ClN3O3. The Morgan fingerprint density at radius 2 is 2.17 bits per heavy atom. The van der Waals surface area contributed by atoms with E-state index in [0.29, 0.717) is 11.5 Å². The number of carboxylic acid groups (broad SMARTS) is 1. The van der Waals surface area contributed by atoms with E-state index in [1.54, 1.807) is 12.1 Å². The normalized spacial score (nSPS) is 10.1. The molecule has 1 aromatic heterocycles. The molecule has 7 heteroatoms. The summed E-state index contributed by atoms with van der Waals surface area (Å²) in [5.41, 5.74) is -0.0101. The molecule has 0 saturated carbocycles. The minimum absolute atomic E-state index is 0.0157. The van der Waals surface area contributed by atoms with Crippen LogP contribution in [0.5, 0.6) is 0 Å². The zero-order chi connectivity index (χ0) is 13.1. The third-order valence-electron chi connectivity index (χ3n) is 2.15. The maximum absolute atomic E-state index is 11.0. The molecule has 0 spiro atoms. The van der Waals surface area contributed by atoms with Gasteiger partial charge in [0.2, 0.25) is 0 Å². The van der Waals surface area contributed by atoms with Gasteiger partial charge in [0.1, 0.15) is 5.82 Å². The Bertz CT molecular complexity index is 654. The lowest BCUT2D eigenvalue weighted by atomic mass is 10.2. The smallest absolute Gasteiger partial charge is 0.346 e. The minimum Gasteiger partial charge on any atom is -0.478 e. The van der Waals surface area contributed by atoms with Gasteiger partial charge in [-0.25, -0.2) is 14.6 Å². The molecule has 92 valence electrons. The highest BCUT2D eigenvalue weighted by Crippen LogP contribution is 2.22. The lowest BCUT2D eigenvalue weighted by Crippen LogP contribution is -2.10. The Balaban J connectivity index is 2.33. The van der Waals surface area contributed by atoms with Crippen LogP contribution in [0.1, 0.15) is 10.4 Å². The van der Waals surface area contributed by atoms with Crippen LogP contribution in [0.3, 0.4) is 0 Å². The topological polar surface area (TPSA) is 95.1 Å². The van der Waals surface area contributed by atoms with Crippen LogP contribution in [0, 0.1) is 0 Å². The minimum atomic E-state index is -1.12. The van der Waals surface area contributed by atoms with Crippen LogP contribution in [0.15, 0.2) is 35.3 Å². The number of hydrogen-bond donors (Lipinski definition) is 3. The SMILES string of the molecule is O=C(O)c1cc(Nc2ccnc(=O)[nH]2)ccc1Cl. The van der Waals surface area contributed by atoms with Gasteiger partial charge in [-0.15, -0.1) is 0 Å². The van der Waals surface area contributed by atoms with Crippen molar-refractivity contribution in [3.8, 4) is 0 Å². The van der Waals surface area contributed by atoms with E-state index in [-0.39, 0.29) is 10.6 Å². The summed E-state index contributed by atoms with van der Waals surface area (Å²) in [6, 6.07) is 6.00. The summed E-state index contributed by atoms with van der Waals surface area (Å²) in [4.78, 5) is 27.8. The number of rotatable bonds is 3. The van der Waals surface area contributed by atoms with Gasteiger partial charge in [0, 0.05) is 11.9 Å². The Labute approximate surface area is 106 Å². The van der Waals surface area contributed by atoms with Gasteiger partial charge in [0.15, 0.2) is 0 Å². The fraction of sp³-hybridized carbons (Fsp3) is 0. The summed E-state index contributed by atoms with van der Waals surface area (Å²) < 4.78 is 0. The standard InChI is InChI=1S/C11H8ClN3O3/c12-8-2-1-6(5-7(8)10(16)17)14-9-3-4-13-11(18)15-9/h1-5H,(H,16,17)(H2,13,14,15,18). The first-order valence-electron chi connectivity index (χ1n) is 4.91. The Morgan fingerprint density at radius 3 is 2.83 bits per heavy atom. The molecule has 0 fully saturated rings. The largest absolute Gasteiger partial charge is 0.478 e. The number of anilines is 2. The van der Waals surface area contributed by atoms with E-state index >= 15 is 0 Å². The van der Waals surface area contributed by atoms with Crippen molar-refractivity contribution in [2.24, 2.45) is 0 Å². The Morgan fingerprint density at radius 1 is 1.39 bits per heavy atom. The summed E-state index contributed by atoms with van der Waals surface area (Å²) in [7, 11) is 0. The Kier molecular flexibility index (Phi) is 3.29. The van der Waals surface area contributed by atoms with Gasteiger partial charge >= 0.3 is 11.7 Å². The summed E-state index contributed by atoms with van der Waals surface area (Å²) in [6.45, 7) is 0. The molecule has 2 aromatic rings. The molecule has 1 aromatic carbocycles. The molecule has 6 nitrogen and oxygen atoms in total. The van der Waals surface area contributed by atoms with E-state index in [4.69, 9.17) is 16.7 Å². The second kappa shape index (κ2) is 4.89. The van der Waals surface area contributed by atoms with Gasteiger partial charge in [-0.1, -0.05) is 11.6 Å². The molecule has 0 aliphatic heterocycles. The first-order valence-corrected chi connectivity index (χ1v) is 5.29. The summed E-state index contributed by atoms with van der Waals surface area (Å²) >= 11 is 5.74. The highest BCUT2D eigenvalue weighted by Gasteiger charge is 2.09. The predicted octanol–water partition coefficient (Wildman–Crippen LogP) is 1.87. The molecule has 0 radical (unpaired) electrons. The third kappa shape index (κ3) is 2.67. The molecule has 3 N–H and O–H groups in total. The number of aromatic carboxylic acids is 1. The molecule has 1 heterocycles. The molecule has 0 aliphatic rings. The van der Waals surface area contributed by atoms with Gasteiger partial charge in [-0.2, -0.15) is 0 Å². The second-order valence-corrected chi connectivity index (χ2v) is 3.82. The van der Waals surface area contributed by atoms with Crippen LogP contribution in [0.25, 0.3) is 0 Å². The van der Waals surface area contributed by atoms with Crippen molar-refractivity contribution in [2.45, 2.75) is 0 Å². The number of aromatic amines is 1. The van der Waals surface area contributed by atoms with Crippen molar-refractivity contribution in [3.05, 3.63) is 51.5 Å². The predicted molar refractivity (Wildman–Crippen MR) is 66.6 cm³/mol. The van der Waals surface area contributed by atoms with E-state index in [1.165, 1.54) is 18.3 Å². The molecule has 18 heavy (non-hydrogen) atoms. The monoisotopic (exact) mass is 265 g/mol. The molecule has 0 atom stereocenters. The molecular weight excluding hydrogens is 258 g/mol. The second-order valence-electron chi connectivity index (χ2n) is 3.41. The number of carboxylic acids is 1. The first-order chi connectivity index (χ1) is 8.56. The van der Waals surface area contributed by atoms with Gasteiger partial charge in [0.05, 0.1) is 10.6 Å². The average Bonchev–Trinajstić information content (AvgIpc) is 2.31. The fourth-order valence-electron chi connectivity index (χ4n) is 1.36. The van der Waals surface area contributed by atoms with E-state index in [9.17, 15) is 9.59 Å². The van der Waals surface area contributed by atoms with Crippen molar-refractivity contribution >= 4 is 29.1 Å². The van der Waals surface area contributed by atoms with E-state index < -0.39 is 11.7 Å². The van der Waals surface area contributed by atoms with Gasteiger partial charge < -0.3 is 10.4 Å². The average molecular weight is 266 g/mol. The quantitative estimate of drug-likeness (QED) is 0.787. The Hall–Kier alpha value is -2.34. The van der Waals surface area contributed by atoms with E-state index in [0.717, 1.165) is 0 Å². The summed E-state index contributed by atoms with van der Waals surface area (Å²) in [6.07, 6.45) is 1.34. The van der Waals surface area contributed by atoms with Crippen molar-refractivity contribution < 1.29 is 9.90 Å². The van der Waals surface area contributed by atoms with Crippen molar-refractivity contribution in [2.75, 3.05) is 5.32 Å². The zero-order valence-electron chi connectivity index (χ0n) is 8.98. The maximum Gasteiger partial charge on any atom is 0.346 e. The maximum atomic E-state index is 11.0. The van der Waals surface area contributed by atoms with Gasteiger partial charge in [-0.3, -0.25) is 4.98 Å². The van der Waals surface area contributed by atoms with Crippen LogP contribution in [0.2, 0.25) is 5.02 Å². The van der Waals surface area contributed by atoms with Gasteiger partial charge in [0.25, 0.3) is 0 Å². The molecule has 0 unspecified atom stereocenters. The summed E-state index contributed by atoms with van der Waals surface area (Å²) in [5.74, 6) is -0.708. The van der Waals surface area contributed by atoms with Crippen molar-refractivity contribution in [1.82, 2.24) is 9.97 Å². The lowest BCUT2D eigenvalue weighted by molar-refractivity contribution is 0.0697. The van der Waals surface area contributed by atoms with Crippen LogP contribution in [-0.4, -0.2) is 21.0 Å². The van der Waals surface area contributed by atoms with Crippen LogP contribution >= 0.6 is 11.6 Å². The van der Waals surface area contributed by atoms with Crippen LogP contribution in [-0.2, 0) is 0 Å². The van der Waals surface area contributed by atoms with Crippen LogP contribution in [0.4, 0.5) is 11.5 Å². The number of nitrogens with zero attached hydrogens (tertiary/aromatic N) is 1. The van der Waals surface area contributed by atoms with Gasteiger partial charge in [-0.05, 0) is 24.3 Å². The number of aromatic nitrogens is 2. The highest BCUT2D eigenvalue weighted by molar-refractivity contribution is 6.33. The fourth-order valence-corrected chi connectivity index (χ4v) is 1.56. The number of H-pyrrole nitrogens is 1. The van der Waals surface area contributed by atoms with E-state index in [1.807, 2.05) is 0 Å². The van der Waals surface area contributed by atoms with E-state index in [2.05, 4.69) is 15.3 Å². The first kappa shape index (κ1) is 12.1. The summed E-state index contributed by atoms with van der Waals surface area (Å²) in [5, 5.41) is 11.9. The number of halogens is 1. The number of hydrogen-bond acceptors (Lipinski definition) is 4. The molecule has 0 saturated heterocycles. The molecule has 0 amide bonds. The van der Waals surface area contributed by atoms with Crippen molar-refractivity contribution in [1.29, 1.82) is 0 Å². The number of benzene rings is 1. The molecule has 2 rings (SSSR count).